The normalized spacial score (nSPS) is 13.0. The minimum Gasteiger partial charge on any atom is -0.487 e. The van der Waals surface area contributed by atoms with Crippen LogP contribution in [0.25, 0.3) is 22.3 Å². The van der Waals surface area contributed by atoms with Gasteiger partial charge in [0.15, 0.2) is 12.0 Å². The van der Waals surface area contributed by atoms with E-state index in [0.29, 0.717) is 28.2 Å². The number of amides is 1. The average molecular weight is 500 g/mol. The number of ether oxygens (including phenoxy) is 1. The van der Waals surface area contributed by atoms with E-state index in [2.05, 4.69) is 20.4 Å². The van der Waals surface area contributed by atoms with E-state index in [1.807, 2.05) is 32.2 Å². The molecule has 0 aliphatic carbocycles. The first kappa shape index (κ1) is 24.5. The average Bonchev–Trinajstić information content (AvgIpc) is 3.23. The molecule has 4 rings (SSSR count). The molecule has 10 heteroatoms. The van der Waals surface area contributed by atoms with Gasteiger partial charge in [0, 0.05) is 29.3 Å². The second kappa shape index (κ2) is 9.95. The summed E-state index contributed by atoms with van der Waals surface area (Å²) in [5, 5.41) is 7.65. The van der Waals surface area contributed by atoms with Crippen molar-refractivity contribution in [2.24, 2.45) is 7.05 Å². The molecule has 7 nitrogen and oxygen atoms in total. The molecule has 0 spiro atoms. The molecule has 4 aromatic rings. The third-order valence-electron chi connectivity index (χ3n) is 5.64. The topological polar surface area (TPSA) is 81.9 Å². The number of fused-ring (bicyclic) bond motifs is 1. The summed E-state index contributed by atoms with van der Waals surface area (Å²) in [5.74, 6) is -0.183. The molecule has 182 valence electrons. The second-order valence-corrected chi connectivity index (χ2v) is 8.67. The van der Waals surface area contributed by atoms with Crippen LogP contribution >= 0.6 is 11.6 Å². The van der Waals surface area contributed by atoms with Crippen LogP contribution in [-0.4, -0.2) is 31.8 Å². The van der Waals surface area contributed by atoms with Gasteiger partial charge in [-0.05, 0) is 50.6 Å². The van der Waals surface area contributed by atoms with Crippen molar-refractivity contribution in [2.45, 2.75) is 39.6 Å². The Bertz CT molecular complexity index is 1410. The summed E-state index contributed by atoms with van der Waals surface area (Å²) in [7, 11) is 1.81. The first-order valence-corrected chi connectivity index (χ1v) is 11.3. The lowest BCUT2D eigenvalue weighted by molar-refractivity contribution is -0.126. The van der Waals surface area contributed by atoms with Gasteiger partial charge in [0.2, 0.25) is 0 Å². The van der Waals surface area contributed by atoms with Crippen molar-refractivity contribution in [2.75, 3.05) is 0 Å². The molecule has 0 saturated heterocycles. The number of hydrogen-bond donors (Lipinski definition) is 1. The molecule has 0 radical (unpaired) electrons. The fourth-order valence-corrected chi connectivity index (χ4v) is 4.18. The highest BCUT2D eigenvalue weighted by Gasteiger charge is 2.21. The van der Waals surface area contributed by atoms with Crippen molar-refractivity contribution >= 4 is 28.4 Å². The van der Waals surface area contributed by atoms with Crippen LogP contribution in [0.5, 0.6) is 5.75 Å². The molecule has 1 amide bonds. The van der Waals surface area contributed by atoms with Gasteiger partial charge in [0.1, 0.15) is 30.0 Å². The van der Waals surface area contributed by atoms with E-state index in [1.165, 1.54) is 18.5 Å². The van der Waals surface area contributed by atoms with E-state index in [-0.39, 0.29) is 11.6 Å². The molecule has 0 saturated carbocycles. The number of alkyl halides is 1. The summed E-state index contributed by atoms with van der Waals surface area (Å²) in [6.07, 6.45) is -0.215. The van der Waals surface area contributed by atoms with Crippen LogP contribution in [0.2, 0.25) is 5.02 Å². The van der Waals surface area contributed by atoms with E-state index in [0.717, 1.165) is 23.6 Å². The van der Waals surface area contributed by atoms with Crippen LogP contribution in [0.1, 0.15) is 36.7 Å². The number of halogens is 3. The smallest absolute Gasteiger partial charge is 0.254 e. The molecule has 1 unspecified atom stereocenters. The number of aryl methyl sites for hydroxylation is 2. The van der Waals surface area contributed by atoms with Gasteiger partial charge in [-0.15, -0.1) is 0 Å². The highest BCUT2D eigenvalue weighted by molar-refractivity contribution is 6.31. The largest absolute Gasteiger partial charge is 0.487 e. The lowest BCUT2D eigenvalue weighted by Crippen LogP contribution is -2.33. The van der Waals surface area contributed by atoms with Gasteiger partial charge in [-0.3, -0.25) is 4.79 Å². The molecular formula is C25H24ClF2N5O2. The van der Waals surface area contributed by atoms with Crippen molar-refractivity contribution < 1.29 is 18.3 Å². The maximum Gasteiger partial charge on any atom is 0.254 e. The Morgan fingerprint density at radius 3 is 2.71 bits per heavy atom. The van der Waals surface area contributed by atoms with E-state index in [1.54, 1.807) is 17.7 Å². The number of carbonyl (C=O) groups is 1. The molecule has 35 heavy (non-hydrogen) atoms. The van der Waals surface area contributed by atoms with Gasteiger partial charge >= 0.3 is 0 Å². The fraction of sp³-hybridized carbons (Fsp3) is 0.280. The van der Waals surface area contributed by atoms with Crippen LogP contribution < -0.4 is 10.1 Å². The molecule has 2 heterocycles. The summed E-state index contributed by atoms with van der Waals surface area (Å²) in [4.78, 5) is 20.9. The van der Waals surface area contributed by atoms with Crippen molar-refractivity contribution in [1.29, 1.82) is 0 Å². The Morgan fingerprint density at radius 2 is 2.03 bits per heavy atom. The Hall–Kier alpha value is -3.59. The summed E-state index contributed by atoms with van der Waals surface area (Å²) in [5.41, 5.74) is 3.12. The van der Waals surface area contributed by atoms with Gasteiger partial charge < -0.3 is 10.1 Å². The first-order valence-electron chi connectivity index (χ1n) is 11.0. The molecule has 1 N–H and O–H groups in total. The number of nitrogens with zero attached hydrogens (tertiary/aromatic N) is 4. The number of nitrogens with one attached hydrogen (secondary N) is 1. The summed E-state index contributed by atoms with van der Waals surface area (Å²) >= 11 is 6.36. The van der Waals surface area contributed by atoms with E-state index < -0.39 is 23.9 Å². The Balaban J connectivity index is 1.71. The van der Waals surface area contributed by atoms with Crippen LogP contribution in [0.4, 0.5) is 8.78 Å². The van der Waals surface area contributed by atoms with Crippen LogP contribution in [0, 0.1) is 12.7 Å². The van der Waals surface area contributed by atoms with Crippen molar-refractivity contribution in [3.05, 3.63) is 70.4 Å². The van der Waals surface area contributed by atoms with E-state index in [4.69, 9.17) is 16.3 Å². The number of benzene rings is 2. The number of para-hydroxylation sites is 1. The molecule has 0 aliphatic heterocycles. The molecule has 2 aromatic carbocycles. The van der Waals surface area contributed by atoms with Crippen LogP contribution in [0.3, 0.4) is 0 Å². The van der Waals surface area contributed by atoms with E-state index >= 15 is 0 Å². The highest BCUT2D eigenvalue weighted by Crippen LogP contribution is 2.34. The minimum absolute atomic E-state index is 0.0200. The summed E-state index contributed by atoms with van der Waals surface area (Å²) < 4.78 is 35.4. The summed E-state index contributed by atoms with van der Waals surface area (Å²) in [6, 6.07) is 9.22. The van der Waals surface area contributed by atoms with E-state index in [9.17, 15) is 13.6 Å². The molecular weight excluding hydrogens is 476 g/mol. The lowest BCUT2D eigenvalue weighted by atomic mass is 10.0. The maximum absolute atomic E-state index is 14.2. The number of aromatic nitrogens is 4. The highest BCUT2D eigenvalue weighted by atomic mass is 35.5. The Kier molecular flexibility index (Phi) is 6.98. The monoisotopic (exact) mass is 499 g/mol. The molecule has 0 aliphatic rings. The van der Waals surface area contributed by atoms with Gasteiger partial charge in [0.25, 0.3) is 5.91 Å². The molecule has 2 atom stereocenters. The molecule has 0 fully saturated rings. The minimum atomic E-state index is -1.70. The van der Waals surface area contributed by atoms with Gasteiger partial charge in [-0.2, -0.15) is 5.10 Å². The summed E-state index contributed by atoms with van der Waals surface area (Å²) in [6.45, 7) is 4.62. The van der Waals surface area contributed by atoms with Crippen LogP contribution in [-0.2, 0) is 18.4 Å². The maximum atomic E-state index is 14.2. The zero-order chi connectivity index (χ0) is 25.3. The number of carbonyl (C=O) groups excluding carboxylic acids is 1. The Morgan fingerprint density at radius 1 is 1.26 bits per heavy atom. The predicted molar refractivity (Wildman–Crippen MR) is 129 cm³/mol. The Labute approximate surface area is 206 Å². The second-order valence-electron chi connectivity index (χ2n) is 8.26. The SMILES string of the molecule is Cc1cc(-c2ncnn2C)c2cccc(OCc3c(Cl)cc(F)cc3[C@H](C)NC(=O)C(C)F)c2n1. The molecule has 0 bridgehead atoms. The van der Waals surface area contributed by atoms with Gasteiger partial charge in [-0.1, -0.05) is 23.7 Å². The molecule has 2 aromatic heterocycles. The zero-order valence-corrected chi connectivity index (χ0v) is 20.4. The quantitative estimate of drug-likeness (QED) is 0.376. The standard InChI is InChI=1S/C25H24ClF2N5O2/c1-13-8-19(24-29-12-30-33(24)4)17-6-5-7-22(23(17)31-13)35-11-20-18(9-16(28)10-21(20)26)15(3)32-25(34)14(2)27/h5-10,12,14-15H,11H2,1-4H3,(H,32,34)/t14?,15-/m0/s1. The van der Waals surface area contributed by atoms with Crippen LogP contribution in [0.15, 0.2) is 42.7 Å². The van der Waals surface area contributed by atoms with Gasteiger partial charge in [0.05, 0.1) is 11.1 Å². The van der Waals surface area contributed by atoms with Crippen molar-refractivity contribution in [3.8, 4) is 17.1 Å². The fourth-order valence-electron chi connectivity index (χ4n) is 3.91. The number of pyridine rings is 1. The van der Waals surface area contributed by atoms with Crippen molar-refractivity contribution in [1.82, 2.24) is 25.1 Å². The predicted octanol–water partition coefficient (Wildman–Crippen LogP) is 5.25. The first-order chi connectivity index (χ1) is 16.7. The van der Waals surface area contributed by atoms with Gasteiger partial charge in [-0.25, -0.2) is 23.4 Å². The third kappa shape index (κ3) is 5.09. The zero-order valence-electron chi connectivity index (χ0n) is 19.6. The lowest BCUT2D eigenvalue weighted by Gasteiger charge is -2.20. The number of rotatable bonds is 7. The number of hydrogen-bond acceptors (Lipinski definition) is 5. The van der Waals surface area contributed by atoms with Crippen molar-refractivity contribution in [3.63, 3.8) is 0 Å². The third-order valence-corrected chi connectivity index (χ3v) is 5.97.